The summed E-state index contributed by atoms with van der Waals surface area (Å²) >= 11 is 0. The summed E-state index contributed by atoms with van der Waals surface area (Å²) in [4.78, 5) is 0. The summed E-state index contributed by atoms with van der Waals surface area (Å²) in [6.45, 7) is 2.21. The largest absolute Gasteiger partial charge is 0.487 e. The molecule has 3 nitrogen and oxygen atoms in total. The number of nitrogens with two attached hydrogens (primary N) is 1. The van der Waals surface area contributed by atoms with E-state index in [-0.39, 0.29) is 17.7 Å². The van der Waals surface area contributed by atoms with Crippen molar-refractivity contribution in [3.8, 4) is 5.75 Å². The van der Waals surface area contributed by atoms with E-state index in [2.05, 4.69) is 6.92 Å². The molecular formula is C15H21FN2O. The number of hydrogen-bond donors (Lipinski definition) is 2. The normalized spacial score (nSPS) is 23.1. The molecule has 0 heterocycles. The lowest BCUT2D eigenvalue weighted by Gasteiger charge is -2.28. The average molecular weight is 264 g/mol. The van der Waals surface area contributed by atoms with Gasteiger partial charge in [-0.25, -0.2) is 4.39 Å². The standard InChI is InChI=1S/C15H21FN2O/c1-2-10-3-6-12(7-4-10)19-14-8-5-11(15(17)18)9-13(14)16/h5,8-10,12H,2-4,6-7H2,1H3,(H3,17,18). The van der Waals surface area contributed by atoms with Crippen LogP contribution >= 0.6 is 0 Å². The molecule has 1 aliphatic carbocycles. The second-order valence-electron chi connectivity index (χ2n) is 5.23. The summed E-state index contributed by atoms with van der Waals surface area (Å²) in [7, 11) is 0. The van der Waals surface area contributed by atoms with Gasteiger partial charge in [0.15, 0.2) is 11.6 Å². The smallest absolute Gasteiger partial charge is 0.165 e. The molecule has 4 heteroatoms. The molecule has 1 saturated carbocycles. The van der Waals surface area contributed by atoms with Crippen molar-refractivity contribution in [2.45, 2.75) is 45.1 Å². The minimum Gasteiger partial charge on any atom is -0.487 e. The van der Waals surface area contributed by atoms with Crippen molar-refractivity contribution < 1.29 is 9.13 Å². The molecule has 0 unspecified atom stereocenters. The average Bonchev–Trinajstić information content (AvgIpc) is 2.41. The Labute approximate surface area is 113 Å². The molecule has 1 aliphatic rings. The number of nitrogens with one attached hydrogen (secondary N) is 1. The summed E-state index contributed by atoms with van der Waals surface area (Å²) in [6.07, 6.45) is 5.64. The summed E-state index contributed by atoms with van der Waals surface area (Å²) in [5.41, 5.74) is 5.71. The van der Waals surface area contributed by atoms with Gasteiger partial charge >= 0.3 is 0 Å². The van der Waals surface area contributed by atoms with Crippen molar-refractivity contribution >= 4 is 5.84 Å². The third-order valence-corrected chi connectivity index (χ3v) is 3.91. The molecule has 0 atom stereocenters. The molecule has 104 valence electrons. The Balaban J connectivity index is 1.98. The van der Waals surface area contributed by atoms with E-state index < -0.39 is 5.82 Å². The van der Waals surface area contributed by atoms with E-state index in [4.69, 9.17) is 15.9 Å². The number of hydrogen-bond acceptors (Lipinski definition) is 2. The molecule has 2 rings (SSSR count). The van der Waals surface area contributed by atoms with Crippen molar-refractivity contribution in [3.05, 3.63) is 29.6 Å². The van der Waals surface area contributed by atoms with Crippen LogP contribution in [0.3, 0.4) is 0 Å². The van der Waals surface area contributed by atoms with Gasteiger partial charge in [-0.05, 0) is 49.8 Å². The van der Waals surface area contributed by atoms with Gasteiger partial charge in [-0.1, -0.05) is 13.3 Å². The van der Waals surface area contributed by atoms with Crippen molar-refractivity contribution in [2.75, 3.05) is 0 Å². The van der Waals surface area contributed by atoms with Crippen LogP contribution in [-0.2, 0) is 0 Å². The predicted molar refractivity (Wildman–Crippen MR) is 74.1 cm³/mol. The van der Waals surface area contributed by atoms with Gasteiger partial charge in [0, 0.05) is 5.56 Å². The summed E-state index contributed by atoms with van der Waals surface area (Å²) in [6, 6.07) is 4.45. The van der Waals surface area contributed by atoms with Crippen LogP contribution in [0.4, 0.5) is 4.39 Å². The molecule has 0 saturated heterocycles. The van der Waals surface area contributed by atoms with E-state index in [0.29, 0.717) is 5.56 Å². The Hall–Kier alpha value is -1.58. The van der Waals surface area contributed by atoms with Crippen LogP contribution in [0.2, 0.25) is 0 Å². The lowest BCUT2D eigenvalue weighted by Crippen LogP contribution is -2.24. The second kappa shape index (κ2) is 6.04. The van der Waals surface area contributed by atoms with Gasteiger partial charge in [-0.3, -0.25) is 5.41 Å². The maximum atomic E-state index is 13.8. The first-order chi connectivity index (χ1) is 9.10. The van der Waals surface area contributed by atoms with E-state index in [0.717, 1.165) is 31.6 Å². The molecule has 19 heavy (non-hydrogen) atoms. The number of benzene rings is 1. The van der Waals surface area contributed by atoms with Crippen molar-refractivity contribution in [2.24, 2.45) is 11.7 Å². The van der Waals surface area contributed by atoms with Crippen LogP contribution in [0.15, 0.2) is 18.2 Å². The van der Waals surface area contributed by atoms with Crippen LogP contribution < -0.4 is 10.5 Å². The summed E-state index contributed by atoms with van der Waals surface area (Å²) in [5.74, 6) is 0.494. The van der Waals surface area contributed by atoms with Crippen LogP contribution in [0.1, 0.15) is 44.6 Å². The van der Waals surface area contributed by atoms with Crippen molar-refractivity contribution in [1.82, 2.24) is 0 Å². The zero-order chi connectivity index (χ0) is 13.8. The zero-order valence-corrected chi connectivity index (χ0v) is 11.3. The maximum Gasteiger partial charge on any atom is 0.165 e. The summed E-state index contributed by atoms with van der Waals surface area (Å²) in [5, 5.41) is 7.27. The van der Waals surface area contributed by atoms with Crippen LogP contribution in [-0.4, -0.2) is 11.9 Å². The monoisotopic (exact) mass is 264 g/mol. The molecule has 3 N–H and O–H groups in total. The van der Waals surface area contributed by atoms with Gasteiger partial charge in [0.25, 0.3) is 0 Å². The molecule has 0 aromatic heterocycles. The van der Waals surface area contributed by atoms with Gasteiger partial charge in [-0.2, -0.15) is 0 Å². The first-order valence-electron chi connectivity index (χ1n) is 6.90. The first-order valence-corrected chi connectivity index (χ1v) is 6.90. The minimum absolute atomic E-state index is 0.112. The number of amidine groups is 1. The molecule has 0 bridgehead atoms. The number of ether oxygens (including phenoxy) is 1. The van der Waals surface area contributed by atoms with Gasteiger partial charge < -0.3 is 10.5 Å². The van der Waals surface area contributed by atoms with E-state index >= 15 is 0 Å². The van der Waals surface area contributed by atoms with E-state index in [1.807, 2.05) is 0 Å². The number of rotatable bonds is 4. The predicted octanol–water partition coefficient (Wildman–Crippen LogP) is 3.46. The Morgan fingerprint density at radius 2 is 2.05 bits per heavy atom. The lowest BCUT2D eigenvalue weighted by molar-refractivity contribution is 0.125. The Morgan fingerprint density at radius 3 is 2.58 bits per heavy atom. The molecule has 0 amide bonds. The van der Waals surface area contributed by atoms with Gasteiger partial charge in [0.1, 0.15) is 5.84 Å². The Kier molecular flexibility index (Phi) is 4.40. The summed E-state index contributed by atoms with van der Waals surface area (Å²) < 4.78 is 19.6. The fourth-order valence-corrected chi connectivity index (χ4v) is 2.60. The third-order valence-electron chi connectivity index (χ3n) is 3.91. The highest BCUT2D eigenvalue weighted by atomic mass is 19.1. The van der Waals surface area contributed by atoms with Gasteiger partial charge in [0.05, 0.1) is 6.10 Å². The van der Waals surface area contributed by atoms with E-state index in [1.165, 1.54) is 12.5 Å². The van der Waals surface area contributed by atoms with Crippen LogP contribution in [0.5, 0.6) is 5.75 Å². The second-order valence-corrected chi connectivity index (χ2v) is 5.23. The number of halogens is 1. The fourth-order valence-electron chi connectivity index (χ4n) is 2.60. The van der Waals surface area contributed by atoms with E-state index in [1.54, 1.807) is 12.1 Å². The van der Waals surface area contributed by atoms with Gasteiger partial charge in [0.2, 0.25) is 0 Å². The lowest BCUT2D eigenvalue weighted by atomic mass is 9.86. The SMILES string of the molecule is CCC1CCC(Oc2ccc(C(=N)N)cc2F)CC1. The Bertz CT molecular complexity index is 453. The van der Waals surface area contributed by atoms with Crippen LogP contribution in [0.25, 0.3) is 0 Å². The quantitative estimate of drug-likeness (QED) is 0.646. The zero-order valence-electron chi connectivity index (χ0n) is 11.3. The fraction of sp³-hybridized carbons (Fsp3) is 0.533. The van der Waals surface area contributed by atoms with Crippen LogP contribution in [0, 0.1) is 17.1 Å². The highest BCUT2D eigenvalue weighted by Crippen LogP contribution is 2.30. The molecule has 0 spiro atoms. The van der Waals surface area contributed by atoms with Crippen molar-refractivity contribution in [1.29, 1.82) is 5.41 Å². The molecule has 0 radical (unpaired) electrons. The first kappa shape index (κ1) is 13.8. The van der Waals surface area contributed by atoms with Crippen molar-refractivity contribution in [3.63, 3.8) is 0 Å². The highest BCUT2D eigenvalue weighted by molar-refractivity contribution is 5.95. The molecule has 1 aromatic rings. The topological polar surface area (TPSA) is 59.1 Å². The Morgan fingerprint density at radius 1 is 1.37 bits per heavy atom. The molecular weight excluding hydrogens is 243 g/mol. The molecule has 1 fully saturated rings. The highest BCUT2D eigenvalue weighted by Gasteiger charge is 2.22. The third kappa shape index (κ3) is 3.46. The van der Waals surface area contributed by atoms with E-state index in [9.17, 15) is 4.39 Å². The molecule has 1 aromatic carbocycles. The van der Waals surface area contributed by atoms with Gasteiger partial charge in [-0.15, -0.1) is 0 Å². The minimum atomic E-state index is -0.440. The number of nitrogen functional groups attached to an aromatic ring is 1. The molecule has 0 aliphatic heterocycles. The maximum absolute atomic E-state index is 13.8.